The zero-order valence-corrected chi connectivity index (χ0v) is 15.3. The van der Waals surface area contributed by atoms with Crippen LogP contribution < -0.4 is 5.73 Å². The summed E-state index contributed by atoms with van der Waals surface area (Å²) in [7, 11) is -3.28. The number of hydrogen-bond acceptors (Lipinski definition) is 3. The van der Waals surface area contributed by atoms with Crippen molar-refractivity contribution in [3.05, 3.63) is 0 Å². The highest BCUT2D eigenvalue weighted by Gasteiger charge is 2.45. The van der Waals surface area contributed by atoms with Gasteiger partial charge in [0.15, 0.2) is 0 Å². The topological polar surface area (TPSA) is 63.4 Å². The molecular weight excluding hydrogens is 284 g/mol. The van der Waals surface area contributed by atoms with Crippen LogP contribution in [0.1, 0.15) is 66.7 Å². The Balaban J connectivity index is 3.14. The molecule has 4 nitrogen and oxygen atoms in total. The maximum Gasteiger partial charge on any atom is 0.215 e. The molecule has 1 aliphatic rings. The first-order chi connectivity index (χ1) is 9.56. The fourth-order valence-electron chi connectivity index (χ4n) is 3.65. The molecule has 2 N–H and O–H groups in total. The molecule has 1 rings (SSSR count). The van der Waals surface area contributed by atoms with E-state index in [1.807, 2.05) is 27.7 Å². The first kappa shape index (κ1) is 18.9. The van der Waals surface area contributed by atoms with E-state index in [0.717, 1.165) is 25.7 Å². The lowest BCUT2D eigenvalue weighted by atomic mass is 9.76. The zero-order valence-electron chi connectivity index (χ0n) is 14.5. The van der Waals surface area contributed by atoms with E-state index in [-0.39, 0.29) is 16.7 Å². The molecule has 0 spiro atoms. The van der Waals surface area contributed by atoms with Crippen LogP contribution in [0.4, 0.5) is 0 Å². The van der Waals surface area contributed by atoms with Gasteiger partial charge in [-0.1, -0.05) is 47.5 Å². The lowest BCUT2D eigenvalue weighted by molar-refractivity contribution is 0.108. The van der Waals surface area contributed by atoms with Gasteiger partial charge in [0.25, 0.3) is 0 Å². The van der Waals surface area contributed by atoms with Crippen molar-refractivity contribution in [2.75, 3.05) is 18.8 Å². The Kier molecular flexibility index (Phi) is 6.28. The highest BCUT2D eigenvalue weighted by Crippen LogP contribution is 2.38. The van der Waals surface area contributed by atoms with Crippen LogP contribution in [0.3, 0.4) is 0 Å². The van der Waals surface area contributed by atoms with Crippen LogP contribution >= 0.6 is 0 Å². The summed E-state index contributed by atoms with van der Waals surface area (Å²) in [6.45, 7) is 11.2. The molecule has 1 aliphatic carbocycles. The Morgan fingerprint density at radius 2 is 1.95 bits per heavy atom. The third-order valence-corrected chi connectivity index (χ3v) is 6.83. The molecule has 0 aliphatic heterocycles. The fraction of sp³-hybridized carbons (Fsp3) is 1.00. The predicted molar refractivity (Wildman–Crippen MR) is 89.7 cm³/mol. The van der Waals surface area contributed by atoms with Gasteiger partial charge in [-0.2, -0.15) is 4.31 Å². The van der Waals surface area contributed by atoms with Gasteiger partial charge in [0, 0.05) is 18.6 Å². The van der Waals surface area contributed by atoms with Crippen molar-refractivity contribution in [1.29, 1.82) is 0 Å². The van der Waals surface area contributed by atoms with Crippen LogP contribution in [-0.2, 0) is 10.0 Å². The second kappa shape index (κ2) is 6.97. The van der Waals surface area contributed by atoms with E-state index in [0.29, 0.717) is 19.0 Å². The number of rotatable bonds is 6. The van der Waals surface area contributed by atoms with Gasteiger partial charge in [-0.05, 0) is 30.6 Å². The molecule has 0 radical (unpaired) electrons. The number of sulfonamides is 1. The molecule has 0 heterocycles. The second-order valence-corrected chi connectivity index (χ2v) is 9.91. The zero-order chi connectivity index (χ0) is 16.3. The van der Waals surface area contributed by atoms with Crippen LogP contribution in [0.25, 0.3) is 0 Å². The van der Waals surface area contributed by atoms with Crippen molar-refractivity contribution in [2.24, 2.45) is 17.1 Å². The van der Waals surface area contributed by atoms with Gasteiger partial charge in [0.2, 0.25) is 10.0 Å². The van der Waals surface area contributed by atoms with Crippen molar-refractivity contribution < 1.29 is 8.42 Å². The standard InChI is InChI=1S/C16H34N2O2S/c1-6-10-18(21(19,20)13-15(3,4)5)16(12-17)9-7-8-14(2)11-16/h14H,6-13,17H2,1-5H3. The molecule has 2 unspecified atom stereocenters. The summed E-state index contributed by atoms with van der Waals surface area (Å²) in [5, 5.41) is 0. The molecule has 0 saturated heterocycles. The average Bonchev–Trinajstić information content (AvgIpc) is 2.32. The minimum atomic E-state index is -3.28. The van der Waals surface area contributed by atoms with Crippen LogP contribution in [0.5, 0.6) is 0 Å². The van der Waals surface area contributed by atoms with Crippen molar-refractivity contribution in [3.63, 3.8) is 0 Å². The molecule has 0 aromatic heterocycles. The summed E-state index contributed by atoms with van der Waals surface area (Å²) in [5.74, 6) is 0.738. The summed E-state index contributed by atoms with van der Waals surface area (Å²) in [5.41, 5.74) is 5.49. The molecule has 0 aromatic rings. The Morgan fingerprint density at radius 1 is 1.33 bits per heavy atom. The molecular formula is C16H34N2O2S. The summed E-state index contributed by atoms with van der Waals surface area (Å²) < 4.78 is 27.7. The van der Waals surface area contributed by atoms with E-state index in [9.17, 15) is 8.42 Å². The number of nitrogens with two attached hydrogens (primary N) is 1. The Morgan fingerprint density at radius 3 is 2.38 bits per heavy atom. The van der Waals surface area contributed by atoms with E-state index in [1.165, 1.54) is 6.42 Å². The summed E-state index contributed by atoms with van der Waals surface area (Å²) >= 11 is 0. The highest BCUT2D eigenvalue weighted by atomic mass is 32.2. The van der Waals surface area contributed by atoms with Crippen LogP contribution in [0.2, 0.25) is 0 Å². The van der Waals surface area contributed by atoms with Crippen molar-refractivity contribution >= 4 is 10.0 Å². The lowest BCUT2D eigenvalue weighted by Gasteiger charge is -2.47. The van der Waals surface area contributed by atoms with Gasteiger partial charge in [0.05, 0.1) is 5.75 Å². The van der Waals surface area contributed by atoms with E-state index in [1.54, 1.807) is 4.31 Å². The third kappa shape index (κ3) is 4.93. The lowest BCUT2D eigenvalue weighted by Crippen LogP contribution is -2.59. The van der Waals surface area contributed by atoms with Gasteiger partial charge >= 0.3 is 0 Å². The van der Waals surface area contributed by atoms with Gasteiger partial charge < -0.3 is 5.73 Å². The molecule has 0 aromatic carbocycles. The van der Waals surface area contributed by atoms with E-state index >= 15 is 0 Å². The Hall–Kier alpha value is -0.130. The minimum Gasteiger partial charge on any atom is -0.329 e. The largest absolute Gasteiger partial charge is 0.329 e. The van der Waals surface area contributed by atoms with Gasteiger partial charge in [-0.25, -0.2) is 8.42 Å². The summed E-state index contributed by atoms with van der Waals surface area (Å²) in [6, 6.07) is 0. The maximum atomic E-state index is 13.0. The van der Waals surface area contributed by atoms with Crippen molar-refractivity contribution in [1.82, 2.24) is 4.31 Å². The second-order valence-electron chi connectivity index (χ2n) is 8.02. The summed E-state index contributed by atoms with van der Waals surface area (Å²) in [4.78, 5) is 0. The van der Waals surface area contributed by atoms with Gasteiger partial charge in [-0.3, -0.25) is 0 Å². The SMILES string of the molecule is CCCN(C1(CN)CCCC(C)C1)S(=O)(=O)CC(C)(C)C. The van der Waals surface area contributed by atoms with Crippen LogP contribution in [-0.4, -0.2) is 37.1 Å². The third-order valence-electron chi connectivity index (χ3n) is 4.35. The van der Waals surface area contributed by atoms with Crippen molar-refractivity contribution in [2.45, 2.75) is 72.3 Å². The molecule has 1 saturated carbocycles. The first-order valence-electron chi connectivity index (χ1n) is 8.27. The number of nitrogens with zero attached hydrogens (tertiary/aromatic N) is 1. The summed E-state index contributed by atoms with van der Waals surface area (Å²) in [6.07, 6.45) is 4.88. The monoisotopic (exact) mass is 318 g/mol. The number of hydrogen-bond donors (Lipinski definition) is 1. The van der Waals surface area contributed by atoms with Gasteiger partial charge in [0.1, 0.15) is 0 Å². The van der Waals surface area contributed by atoms with Crippen LogP contribution in [0.15, 0.2) is 0 Å². The highest BCUT2D eigenvalue weighted by molar-refractivity contribution is 7.89. The minimum absolute atomic E-state index is 0.191. The fourth-order valence-corrected chi connectivity index (χ4v) is 6.19. The molecule has 21 heavy (non-hydrogen) atoms. The molecule has 2 atom stereocenters. The molecule has 0 bridgehead atoms. The smallest absolute Gasteiger partial charge is 0.215 e. The molecule has 0 amide bonds. The molecule has 5 heteroatoms. The first-order valence-corrected chi connectivity index (χ1v) is 9.88. The Bertz CT molecular complexity index is 428. The molecule has 1 fully saturated rings. The van der Waals surface area contributed by atoms with Crippen molar-refractivity contribution in [3.8, 4) is 0 Å². The maximum absolute atomic E-state index is 13.0. The quantitative estimate of drug-likeness (QED) is 0.819. The van der Waals surface area contributed by atoms with E-state index in [2.05, 4.69) is 6.92 Å². The average molecular weight is 319 g/mol. The predicted octanol–water partition coefficient (Wildman–Crippen LogP) is 2.98. The van der Waals surface area contributed by atoms with E-state index < -0.39 is 10.0 Å². The van der Waals surface area contributed by atoms with E-state index in [4.69, 9.17) is 5.73 Å². The molecule has 126 valence electrons. The normalized spacial score (nSPS) is 28.0. The van der Waals surface area contributed by atoms with Crippen LogP contribution in [0, 0.1) is 11.3 Å². The Labute approximate surface area is 131 Å². The van der Waals surface area contributed by atoms with Gasteiger partial charge in [-0.15, -0.1) is 0 Å².